The highest BCUT2D eigenvalue weighted by Gasteiger charge is 2.23. The van der Waals surface area contributed by atoms with Crippen LogP contribution >= 0.6 is 0 Å². The van der Waals surface area contributed by atoms with Crippen LogP contribution in [0.3, 0.4) is 0 Å². The monoisotopic (exact) mass is 263 g/mol. The molecular weight excluding hydrogens is 242 g/mol. The van der Waals surface area contributed by atoms with E-state index in [4.69, 9.17) is 16.2 Å². The lowest BCUT2D eigenvalue weighted by Crippen LogP contribution is -2.44. The summed E-state index contributed by atoms with van der Waals surface area (Å²) in [7, 11) is 0. The molecule has 0 bridgehead atoms. The zero-order chi connectivity index (χ0) is 13.7. The van der Waals surface area contributed by atoms with Gasteiger partial charge in [-0.3, -0.25) is 9.69 Å². The van der Waals surface area contributed by atoms with Crippen LogP contribution in [0.25, 0.3) is 0 Å². The molecule has 1 heterocycles. The van der Waals surface area contributed by atoms with E-state index in [1.807, 2.05) is 24.3 Å². The molecule has 1 aliphatic rings. The number of ether oxygens (including phenoxy) is 1. The first-order valence-corrected chi connectivity index (χ1v) is 6.59. The summed E-state index contributed by atoms with van der Waals surface area (Å²) in [5.74, 6) is -0.311. The molecule has 1 unspecified atom stereocenters. The summed E-state index contributed by atoms with van der Waals surface area (Å²) in [5, 5.41) is 0. The summed E-state index contributed by atoms with van der Waals surface area (Å²) >= 11 is 0. The first kappa shape index (κ1) is 13.8. The molecule has 0 aliphatic carbocycles. The Hall–Kier alpha value is -1.59. The Balaban J connectivity index is 2.06. The number of nitrogen functional groups attached to an aromatic ring is 1. The molecule has 1 saturated heterocycles. The third-order valence-corrected chi connectivity index (χ3v) is 3.35. The van der Waals surface area contributed by atoms with Crippen LogP contribution in [0, 0.1) is 0 Å². The Morgan fingerprint density at radius 3 is 2.95 bits per heavy atom. The number of nitrogens with zero attached hydrogens (tertiary/aromatic N) is 1. The van der Waals surface area contributed by atoms with Crippen LogP contribution in [-0.2, 0) is 16.1 Å². The maximum absolute atomic E-state index is 11.2. The lowest BCUT2D eigenvalue weighted by atomic mass is 10.1. The van der Waals surface area contributed by atoms with Crippen LogP contribution in [-0.4, -0.2) is 36.6 Å². The number of carbonyl (C=O) groups is 1. The van der Waals surface area contributed by atoms with E-state index >= 15 is 0 Å². The van der Waals surface area contributed by atoms with Gasteiger partial charge in [0.15, 0.2) is 0 Å². The number of hydrogen-bond acceptors (Lipinski definition) is 4. The SMILES string of the molecule is NC(=O)CN(Cc1cccc(N)c1)C1CCCOC1. The lowest BCUT2D eigenvalue weighted by molar-refractivity contribution is -0.120. The predicted octanol–water partition coefficient (Wildman–Crippen LogP) is 0.735. The van der Waals surface area contributed by atoms with E-state index < -0.39 is 0 Å². The number of nitrogens with two attached hydrogens (primary N) is 2. The van der Waals surface area contributed by atoms with Crippen molar-refractivity contribution < 1.29 is 9.53 Å². The zero-order valence-corrected chi connectivity index (χ0v) is 11.0. The Morgan fingerprint density at radius 2 is 2.32 bits per heavy atom. The van der Waals surface area contributed by atoms with E-state index in [9.17, 15) is 4.79 Å². The maximum Gasteiger partial charge on any atom is 0.231 e. The molecule has 1 amide bonds. The molecule has 0 radical (unpaired) electrons. The number of hydrogen-bond donors (Lipinski definition) is 2. The first-order valence-electron chi connectivity index (χ1n) is 6.59. The molecule has 1 aromatic carbocycles. The Kier molecular flexibility index (Phi) is 4.76. The Bertz CT molecular complexity index is 430. The smallest absolute Gasteiger partial charge is 0.231 e. The van der Waals surface area contributed by atoms with Crippen molar-refractivity contribution in [2.75, 3.05) is 25.5 Å². The Labute approximate surface area is 113 Å². The van der Waals surface area contributed by atoms with Crippen LogP contribution in [0.2, 0.25) is 0 Å². The number of primary amides is 1. The molecule has 0 saturated carbocycles. The topological polar surface area (TPSA) is 81.6 Å². The fraction of sp³-hybridized carbons (Fsp3) is 0.500. The minimum absolute atomic E-state index is 0.252. The zero-order valence-electron chi connectivity index (χ0n) is 11.0. The summed E-state index contributed by atoms with van der Waals surface area (Å²) in [5.41, 5.74) is 12.9. The van der Waals surface area contributed by atoms with Crippen molar-refractivity contribution in [1.29, 1.82) is 0 Å². The molecule has 2 rings (SSSR count). The third-order valence-electron chi connectivity index (χ3n) is 3.35. The predicted molar refractivity (Wildman–Crippen MR) is 74.3 cm³/mol. The van der Waals surface area contributed by atoms with Gasteiger partial charge in [-0.1, -0.05) is 12.1 Å². The number of benzene rings is 1. The van der Waals surface area contributed by atoms with Crippen LogP contribution in [0.1, 0.15) is 18.4 Å². The van der Waals surface area contributed by atoms with Crippen LogP contribution in [0.5, 0.6) is 0 Å². The van der Waals surface area contributed by atoms with E-state index in [-0.39, 0.29) is 18.5 Å². The minimum Gasteiger partial charge on any atom is -0.399 e. The summed E-state index contributed by atoms with van der Waals surface area (Å²) < 4.78 is 5.49. The molecule has 5 nitrogen and oxygen atoms in total. The fourth-order valence-electron chi connectivity index (χ4n) is 2.45. The molecule has 1 aliphatic heterocycles. The van der Waals surface area contributed by atoms with Gasteiger partial charge < -0.3 is 16.2 Å². The molecule has 0 spiro atoms. The van der Waals surface area contributed by atoms with Crippen molar-refractivity contribution in [3.63, 3.8) is 0 Å². The molecule has 4 N–H and O–H groups in total. The lowest BCUT2D eigenvalue weighted by Gasteiger charge is -2.33. The highest BCUT2D eigenvalue weighted by molar-refractivity contribution is 5.76. The summed E-state index contributed by atoms with van der Waals surface area (Å²) in [6.45, 7) is 2.39. The second-order valence-electron chi connectivity index (χ2n) is 4.99. The molecule has 104 valence electrons. The van der Waals surface area contributed by atoms with Crippen molar-refractivity contribution >= 4 is 11.6 Å². The standard InChI is InChI=1S/C14H21N3O2/c15-12-4-1-3-11(7-12)8-17(9-14(16)18)13-5-2-6-19-10-13/h1,3-4,7,13H,2,5-6,8-10,15H2,(H2,16,18). The minimum atomic E-state index is -0.311. The van der Waals surface area contributed by atoms with E-state index in [2.05, 4.69) is 4.90 Å². The van der Waals surface area contributed by atoms with Gasteiger partial charge in [-0.25, -0.2) is 0 Å². The quantitative estimate of drug-likeness (QED) is 0.768. The molecular formula is C14H21N3O2. The van der Waals surface area contributed by atoms with Crippen LogP contribution < -0.4 is 11.5 Å². The van der Waals surface area contributed by atoms with E-state index in [0.29, 0.717) is 13.2 Å². The van der Waals surface area contributed by atoms with Crippen molar-refractivity contribution in [1.82, 2.24) is 4.90 Å². The molecule has 1 aromatic rings. The van der Waals surface area contributed by atoms with Gasteiger partial charge in [0.2, 0.25) is 5.91 Å². The van der Waals surface area contributed by atoms with Gasteiger partial charge in [-0.05, 0) is 30.5 Å². The van der Waals surface area contributed by atoms with Crippen molar-refractivity contribution in [2.45, 2.75) is 25.4 Å². The molecule has 0 aromatic heterocycles. The van der Waals surface area contributed by atoms with Gasteiger partial charge in [0.1, 0.15) is 0 Å². The summed E-state index contributed by atoms with van der Waals surface area (Å²) in [6.07, 6.45) is 2.06. The number of amides is 1. The van der Waals surface area contributed by atoms with Crippen LogP contribution in [0.15, 0.2) is 24.3 Å². The largest absolute Gasteiger partial charge is 0.399 e. The first-order chi connectivity index (χ1) is 9.15. The second-order valence-corrected chi connectivity index (χ2v) is 4.99. The molecule has 1 atom stereocenters. The van der Waals surface area contributed by atoms with Crippen molar-refractivity contribution in [3.05, 3.63) is 29.8 Å². The van der Waals surface area contributed by atoms with E-state index in [0.717, 1.165) is 30.7 Å². The molecule has 19 heavy (non-hydrogen) atoms. The number of carbonyl (C=O) groups excluding carboxylic acids is 1. The average molecular weight is 263 g/mol. The van der Waals surface area contributed by atoms with Gasteiger partial charge >= 0.3 is 0 Å². The van der Waals surface area contributed by atoms with Crippen molar-refractivity contribution in [2.24, 2.45) is 5.73 Å². The van der Waals surface area contributed by atoms with E-state index in [1.165, 1.54) is 0 Å². The third kappa shape index (κ3) is 4.22. The fourth-order valence-corrected chi connectivity index (χ4v) is 2.45. The molecule has 1 fully saturated rings. The highest BCUT2D eigenvalue weighted by Crippen LogP contribution is 2.17. The maximum atomic E-state index is 11.2. The Morgan fingerprint density at radius 1 is 1.47 bits per heavy atom. The van der Waals surface area contributed by atoms with Gasteiger partial charge in [0.25, 0.3) is 0 Å². The summed E-state index contributed by atoms with van der Waals surface area (Å²) in [4.78, 5) is 13.3. The highest BCUT2D eigenvalue weighted by atomic mass is 16.5. The summed E-state index contributed by atoms with van der Waals surface area (Å²) in [6, 6.07) is 7.96. The average Bonchev–Trinajstić information content (AvgIpc) is 2.38. The number of rotatable bonds is 5. The van der Waals surface area contributed by atoms with Crippen LogP contribution in [0.4, 0.5) is 5.69 Å². The van der Waals surface area contributed by atoms with E-state index in [1.54, 1.807) is 0 Å². The van der Waals surface area contributed by atoms with Gasteiger partial charge in [0.05, 0.1) is 13.2 Å². The normalized spacial score (nSPS) is 19.5. The van der Waals surface area contributed by atoms with Gasteiger partial charge in [-0.15, -0.1) is 0 Å². The van der Waals surface area contributed by atoms with Gasteiger partial charge in [-0.2, -0.15) is 0 Å². The molecule has 5 heteroatoms. The van der Waals surface area contributed by atoms with Crippen molar-refractivity contribution in [3.8, 4) is 0 Å². The number of anilines is 1. The van der Waals surface area contributed by atoms with Gasteiger partial charge in [0, 0.05) is 24.9 Å². The second kappa shape index (κ2) is 6.54.